The Hall–Kier alpha value is -0.0900. The van der Waals surface area contributed by atoms with Gasteiger partial charge in [-0.1, -0.05) is 15.9 Å². The minimum atomic E-state index is 0.0514. The molecule has 0 radical (unpaired) electrons. The van der Waals surface area contributed by atoms with Crippen LogP contribution in [-0.4, -0.2) is 30.9 Å². The molecule has 2 N–H and O–H groups in total. The van der Waals surface area contributed by atoms with E-state index in [4.69, 9.17) is 0 Å². The molecule has 0 fully saturated rings. The monoisotopic (exact) mass is 236 g/mol. The van der Waals surface area contributed by atoms with Crippen LogP contribution in [0.3, 0.4) is 0 Å². The smallest absolute Gasteiger partial charge is 0.216 e. The average molecular weight is 237 g/mol. The first-order chi connectivity index (χ1) is 5.77. The number of hydrogen-bond acceptors (Lipinski definition) is 2. The fourth-order valence-corrected chi connectivity index (χ4v) is 1.07. The molecular formula is C8H17BrN2O. The Balaban J connectivity index is 2.86. The Labute approximate surface area is 82.4 Å². The molecule has 0 unspecified atom stereocenters. The van der Waals surface area contributed by atoms with Crippen molar-refractivity contribution >= 4 is 21.8 Å². The van der Waals surface area contributed by atoms with Gasteiger partial charge >= 0.3 is 0 Å². The predicted octanol–water partition coefficient (Wildman–Crippen LogP) is 0.887. The maximum absolute atomic E-state index is 10.4. The molecule has 0 aliphatic rings. The third-order valence-electron chi connectivity index (χ3n) is 1.39. The molecule has 0 aliphatic heterocycles. The Kier molecular flexibility index (Phi) is 8.93. The molecule has 0 bridgehead atoms. The summed E-state index contributed by atoms with van der Waals surface area (Å²) in [5, 5.41) is 7.07. The number of nitrogens with one attached hydrogen (secondary N) is 2. The SMILES string of the molecule is CC(=O)NCCCNCCCBr. The summed E-state index contributed by atoms with van der Waals surface area (Å²) in [5.74, 6) is 0.0514. The molecule has 12 heavy (non-hydrogen) atoms. The molecule has 1 amide bonds. The summed E-state index contributed by atoms with van der Waals surface area (Å²) in [6.45, 7) is 4.34. The van der Waals surface area contributed by atoms with E-state index in [-0.39, 0.29) is 5.91 Å². The van der Waals surface area contributed by atoms with Gasteiger partial charge in [-0.2, -0.15) is 0 Å². The Morgan fingerprint density at radius 1 is 1.25 bits per heavy atom. The number of hydrogen-bond donors (Lipinski definition) is 2. The summed E-state index contributed by atoms with van der Waals surface area (Å²) in [4.78, 5) is 10.4. The van der Waals surface area contributed by atoms with Crippen molar-refractivity contribution < 1.29 is 4.79 Å². The van der Waals surface area contributed by atoms with Crippen molar-refractivity contribution in [3.63, 3.8) is 0 Å². The first-order valence-electron chi connectivity index (χ1n) is 4.28. The van der Waals surface area contributed by atoms with Gasteiger partial charge in [0.2, 0.25) is 5.91 Å². The van der Waals surface area contributed by atoms with Crippen molar-refractivity contribution in [3.8, 4) is 0 Å². The van der Waals surface area contributed by atoms with E-state index in [0.29, 0.717) is 0 Å². The third kappa shape index (κ3) is 9.91. The first kappa shape index (κ1) is 11.9. The lowest BCUT2D eigenvalue weighted by Gasteiger charge is -2.03. The molecule has 0 aliphatic carbocycles. The van der Waals surface area contributed by atoms with E-state index in [1.807, 2.05) is 0 Å². The second kappa shape index (κ2) is 9.00. The molecule has 0 heterocycles. The van der Waals surface area contributed by atoms with Crippen LogP contribution >= 0.6 is 15.9 Å². The van der Waals surface area contributed by atoms with Gasteiger partial charge in [0.1, 0.15) is 0 Å². The average Bonchev–Trinajstić information content (AvgIpc) is 2.02. The molecule has 0 spiro atoms. The summed E-state index contributed by atoms with van der Waals surface area (Å²) < 4.78 is 0. The van der Waals surface area contributed by atoms with Crippen molar-refractivity contribution in [1.82, 2.24) is 10.6 Å². The minimum absolute atomic E-state index is 0.0514. The minimum Gasteiger partial charge on any atom is -0.356 e. The lowest BCUT2D eigenvalue weighted by Crippen LogP contribution is -2.25. The Morgan fingerprint density at radius 3 is 2.50 bits per heavy atom. The van der Waals surface area contributed by atoms with Crippen LogP contribution < -0.4 is 10.6 Å². The Morgan fingerprint density at radius 2 is 1.92 bits per heavy atom. The van der Waals surface area contributed by atoms with E-state index in [9.17, 15) is 4.79 Å². The van der Waals surface area contributed by atoms with Gasteiger partial charge in [-0.15, -0.1) is 0 Å². The summed E-state index contributed by atoms with van der Waals surface area (Å²) >= 11 is 3.35. The maximum atomic E-state index is 10.4. The second-order valence-corrected chi connectivity index (χ2v) is 3.42. The van der Waals surface area contributed by atoms with Gasteiger partial charge in [-0.3, -0.25) is 4.79 Å². The van der Waals surface area contributed by atoms with Crippen molar-refractivity contribution in [1.29, 1.82) is 0 Å². The van der Waals surface area contributed by atoms with Gasteiger partial charge < -0.3 is 10.6 Å². The highest BCUT2D eigenvalue weighted by Gasteiger charge is 1.90. The zero-order chi connectivity index (χ0) is 9.23. The molecule has 0 saturated carbocycles. The van der Waals surface area contributed by atoms with Crippen LogP contribution in [0.2, 0.25) is 0 Å². The van der Waals surface area contributed by atoms with E-state index in [0.717, 1.165) is 37.8 Å². The third-order valence-corrected chi connectivity index (χ3v) is 1.95. The van der Waals surface area contributed by atoms with E-state index < -0.39 is 0 Å². The molecule has 0 aromatic heterocycles. The lowest BCUT2D eigenvalue weighted by molar-refractivity contribution is -0.118. The fraction of sp³-hybridized carbons (Fsp3) is 0.875. The highest BCUT2D eigenvalue weighted by atomic mass is 79.9. The molecule has 0 aromatic carbocycles. The largest absolute Gasteiger partial charge is 0.356 e. The van der Waals surface area contributed by atoms with Gasteiger partial charge in [0.25, 0.3) is 0 Å². The highest BCUT2D eigenvalue weighted by molar-refractivity contribution is 9.09. The zero-order valence-corrected chi connectivity index (χ0v) is 9.11. The second-order valence-electron chi connectivity index (χ2n) is 2.63. The van der Waals surface area contributed by atoms with Crippen LogP contribution in [-0.2, 0) is 4.79 Å². The molecule has 4 heteroatoms. The molecule has 72 valence electrons. The molecule has 0 aromatic rings. The quantitative estimate of drug-likeness (QED) is 0.510. The van der Waals surface area contributed by atoms with Crippen LogP contribution in [0.25, 0.3) is 0 Å². The van der Waals surface area contributed by atoms with Crippen LogP contribution in [0.4, 0.5) is 0 Å². The van der Waals surface area contributed by atoms with E-state index in [1.165, 1.54) is 6.92 Å². The van der Waals surface area contributed by atoms with Crippen molar-refractivity contribution in [2.75, 3.05) is 25.0 Å². The number of alkyl halides is 1. The number of amides is 1. The van der Waals surface area contributed by atoms with Gasteiger partial charge in [0.15, 0.2) is 0 Å². The molecule has 0 rings (SSSR count). The topological polar surface area (TPSA) is 41.1 Å². The van der Waals surface area contributed by atoms with Gasteiger partial charge in [0.05, 0.1) is 0 Å². The van der Waals surface area contributed by atoms with Crippen molar-refractivity contribution in [2.45, 2.75) is 19.8 Å². The van der Waals surface area contributed by atoms with E-state index in [2.05, 4.69) is 26.6 Å². The van der Waals surface area contributed by atoms with Crippen LogP contribution in [0, 0.1) is 0 Å². The maximum Gasteiger partial charge on any atom is 0.216 e. The standard InChI is InChI=1S/C8H17BrN2O/c1-8(12)11-7-3-6-10-5-2-4-9/h10H,2-7H2,1H3,(H,11,12). The van der Waals surface area contributed by atoms with E-state index >= 15 is 0 Å². The van der Waals surface area contributed by atoms with Gasteiger partial charge in [0, 0.05) is 18.8 Å². The lowest BCUT2D eigenvalue weighted by atomic mass is 10.4. The normalized spacial score (nSPS) is 9.83. The van der Waals surface area contributed by atoms with Crippen LogP contribution in [0.1, 0.15) is 19.8 Å². The number of halogens is 1. The van der Waals surface area contributed by atoms with E-state index in [1.54, 1.807) is 0 Å². The summed E-state index contributed by atoms with van der Waals surface area (Å²) in [5.41, 5.74) is 0. The molecule has 0 saturated heterocycles. The predicted molar refractivity (Wildman–Crippen MR) is 54.6 cm³/mol. The van der Waals surface area contributed by atoms with Crippen molar-refractivity contribution in [2.24, 2.45) is 0 Å². The van der Waals surface area contributed by atoms with Crippen molar-refractivity contribution in [3.05, 3.63) is 0 Å². The fourth-order valence-electron chi connectivity index (χ4n) is 0.795. The summed E-state index contributed by atoms with van der Waals surface area (Å²) in [6.07, 6.45) is 2.15. The molecule has 3 nitrogen and oxygen atoms in total. The molecular weight excluding hydrogens is 220 g/mol. The number of carbonyl (C=O) groups excluding carboxylic acids is 1. The van der Waals surface area contributed by atoms with Gasteiger partial charge in [-0.25, -0.2) is 0 Å². The molecule has 0 atom stereocenters. The Bertz CT molecular complexity index is 120. The summed E-state index contributed by atoms with van der Waals surface area (Å²) in [6, 6.07) is 0. The zero-order valence-electron chi connectivity index (χ0n) is 7.53. The summed E-state index contributed by atoms with van der Waals surface area (Å²) in [7, 11) is 0. The van der Waals surface area contributed by atoms with Crippen LogP contribution in [0.5, 0.6) is 0 Å². The van der Waals surface area contributed by atoms with Crippen LogP contribution in [0.15, 0.2) is 0 Å². The first-order valence-corrected chi connectivity index (χ1v) is 5.40. The highest BCUT2D eigenvalue weighted by Crippen LogP contribution is 1.84. The number of carbonyl (C=O) groups is 1. The number of rotatable bonds is 7. The van der Waals surface area contributed by atoms with Gasteiger partial charge in [-0.05, 0) is 25.9 Å².